The van der Waals surface area contributed by atoms with Gasteiger partial charge in [-0.25, -0.2) is 22.7 Å². The number of aliphatic carboxylic acids is 1. The summed E-state index contributed by atoms with van der Waals surface area (Å²) in [5, 5.41) is 14.3. The van der Waals surface area contributed by atoms with Crippen LogP contribution in [0.1, 0.15) is 12.0 Å². The van der Waals surface area contributed by atoms with Crippen LogP contribution in [0.4, 0.5) is 4.39 Å². The zero-order valence-electron chi connectivity index (χ0n) is 12.2. The second-order valence-corrected chi connectivity index (χ2v) is 7.29. The fraction of sp³-hybridized carbons (Fsp3) is 0.429. The van der Waals surface area contributed by atoms with Gasteiger partial charge in [0, 0.05) is 25.3 Å². The molecule has 0 saturated carbocycles. The molecule has 0 aliphatic carbocycles. The second kappa shape index (κ2) is 6.63. The molecule has 0 spiro atoms. The molecule has 126 valence electrons. The first-order valence-electron chi connectivity index (χ1n) is 6.93. The first kappa shape index (κ1) is 17.4. The predicted molar refractivity (Wildman–Crippen MR) is 79.3 cm³/mol. The Hall–Kier alpha value is -2.00. The molecule has 1 amide bonds. The number of primary sulfonamides is 1. The molecule has 1 unspecified atom stereocenters. The second-order valence-electron chi connectivity index (χ2n) is 5.63. The van der Waals surface area contributed by atoms with Crippen molar-refractivity contribution in [2.24, 2.45) is 11.1 Å². The molecule has 9 heteroatoms. The number of likely N-dealkylation sites (tertiary alicyclic amines) is 1. The Balaban J connectivity index is 2.13. The number of benzene rings is 1. The van der Waals surface area contributed by atoms with Gasteiger partial charge < -0.3 is 10.0 Å². The van der Waals surface area contributed by atoms with Crippen LogP contribution in [0.15, 0.2) is 24.3 Å². The standard InChI is InChI=1S/C14H17FN2O5S/c15-11-3-1-9(2-4-11)5-12(14(19)20)17-7-10(6-13(17)18)8-23(16,21)22/h1-4,10,12H,5-8H2,(H,19,20)(H2,16,21,22)/t10?,12-/m0/s1. The maximum atomic E-state index is 12.9. The Bertz CT molecular complexity index is 704. The van der Waals surface area contributed by atoms with Crippen molar-refractivity contribution in [3.63, 3.8) is 0 Å². The van der Waals surface area contributed by atoms with Crippen molar-refractivity contribution in [1.29, 1.82) is 0 Å². The highest BCUT2D eigenvalue weighted by Crippen LogP contribution is 2.23. The summed E-state index contributed by atoms with van der Waals surface area (Å²) in [6, 6.07) is 4.20. The quantitative estimate of drug-likeness (QED) is 0.751. The number of carbonyl (C=O) groups is 2. The Morgan fingerprint density at radius 3 is 2.52 bits per heavy atom. The van der Waals surface area contributed by atoms with Crippen molar-refractivity contribution in [2.45, 2.75) is 18.9 Å². The van der Waals surface area contributed by atoms with Crippen molar-refractivity contribution in [3.05, 3.63) is 35.6 Å². The van der Waals surface area contributed by atoms with Crippen LogP contribution in [-0.4, -0.2) is 48.6 Å². The third-order valence-electron chi connectivity index (χ3n) is 3.71. The van der Waals surface area contributed by atoms with Crippen molar-refractivity contribution in [1.82, 2.24) is 4.90 Å². The lowest BCUT2D eigenvalue weighted by Gasteiger charge is -2.24. The third-order valence-corrected chi connectivity index (χ3v) is 4.65. The van der Waals surface area contributed by atoms with Gasteiger partial charge in [0.2, 0.25) is 15.9 Å². The summed E-state index contributed by atoms with van der Waals surface area (Å²) in [5.41, 5.74) is 0.571. The van der Waals surface area contributed by atoms with Gasteiger partial charge in [-0.3, -0.25) is 4.79 Å². The van der Waals surface area contributed by atoms with Crippen LogP contribution < -0.4 is 5.14 Å². The fourth-order valence-corrected chi connectivity index (χ4v) is 3.60. The van der Waals surface area contributed by atoms with Crippen LogP contribution in [0, 0.1) is 11.7 Å². The van der Waals surface area contributed by atoms with Crippen LogP contribution in [0.3, 0.4) is 0 Å². The van der Waals surface area contributed by atoms with Gasteiger partial charge in [-0.1, -0.05) is 12.1 Å². The van der Waals surface area contributed by atoms with Crippen molar-refractivity contribution >= 4 is 21.9 Å². The Kier molecular flexibility index (Phi) is 5.00. The number of carboxylic acid groups (broad SMARTS) is 1. The summed E-state index contributed by atoms with van der Waals surface area (Å²) in [6.07, 6.45) is -0.0346. The van der Waals surface area contributed by atoms with Gasteiger partial charge in [0.05, 0.1) is 5.75 Å². The molecule has 2 rings (SSSR count). The van der Waals surface area contributed by atoms with Crippen molar-refractivity contribution < 1.29 is 27.5 Å². The first-order valence-corrected chi connectivity index (χ1v) is 8.64. The van der Waals surface area contributed by atoms with Gasteiger partial charge in [-0.05, 0) is 17.7 Å². The van der Waals surface area contributed by atoms with E-state index < -0.39 is 39.7 Å². The highest BCUT2D eigenvalue weighted by Gasteiger charge is 2.38. The molecule has 7 nitrogen and oxygen atoms in total. The maximum Gasteiger partial charge on any atom is 0.326 e. The normalized spacial score (nSPS) is 19.8. The number of rotatable bonds is 6. The summed E-state index contributed by atoms with van der Waals surface area (Å²) < 4.78 is 35.2. The number of nitrogens with zero attached hydrogens (tertiary/aromatic N) is 1. The van der Waals surface area contributed by atoms with Gasteiger partial charge in [0.15, 0.2) is 0 Å². The van der Waals surface area contributed by atoms with Crippen LogP contribution in [-0.2, 0) is 26.0 Å². The zero-order valence-corrected chi connectivity index (χ0v) is 13.0. The summed E-state index contributed by atoms with van der Waals surface area (Å²) in [7, 11) is -3.73. The monoisotopic (exact) mass is 344 g/mol. The Morgan fingerprint density at radius 1 is 1.39 bits per heavy atom. The minimum Gasteiger partial charge on any atom is -0.480 e. The molecule has 1 aromatic carbocycles. The topological polar surface area (TPSA) is 118 Å². The van der Waals surface area contributed by atoms with Crippen LogP contribution in [0.2, 0.25) is 0 Å². The number of halogens is 1. The largest absolute Gasteiger partial charge is 0.480 e. The predicted octanol–water partition coefficient (Wildman–Crippen LogP) is -0.0416. The molecular formula is C14H17FN2O5S. The number of amides is 1. The summed E-state index contributed by atoms with van der Waals surface area (Å²) in [6.45, 7) is 0.0213. The Labute approximate surface area is 132 Å². The highest BCUT2D eigenvalue weighted by atomic mass is 32.2. The number of nitrogens with two attached hydrogens (primary N) is 1. The van der Waals surface area contributed by atoms with E-state index >= 15 is 0 Å². The van der Waals surface area contributed by atoms with E-state index in [2.05, 4.69) is 0 Å². The van der Waals surface area contributed by atoms with Crippen LogP contribution >= 0.6 is 0 Å². The maximum absolute atomic E-state index is 12.9. The lowest BCUT2D eigenvalue weighted by molar-refractivity contribution is -0.148. The minimum atomic E-state index is -3.73. The Morgan fingerprint density at radius 2 is 2.00 bits per heavy atom. The molecule has 0 radical (unpaired) electrons. The average molecular weight is 344 g/mol. The SMILES string of the molecule is NS(=O)(=O)CC1CC(=O)N([C@@H](Cc2ccc(F)cc2)C(=O)O)C1. The zero-order chi connectivity index (χ0) is 17.2. The third kappa shape index (κ3) is 4.73. The van der Waals surface area contributed by atoms with Crippen molar-refractivity contribution in [2.75, 3.05) is 12.3 Å². The van der Waals surface area contributed by atoms with Crippen LogP contribution in [0.25, 0.3) is 0 Å². The molecule has 1 aliphatic heterocycles. The molecule has 3 N–H and O–H groups in total. The molecule has 23 heavy (non-hydrogen) atoms. The molecule has 0 bridgehead atoms. The number of hydrogen-bond acceptors (Lipinski definition) is 4. The highest BCUT2D eigenvalue weighted by molar-refractivity contribution is 7.89. The molecule has 1 saturated heterocycles. The van der Waals surface area contributed by atoms with Gasteiger partial charge in [-0.15, -0.1) is 0 Å². The minimum absolute atomic E-state index is 0.0173. The summed E-state index contributed by atoms with van der Waals surface area (Å²) in [5.74, 6) is -2.94. The molecule has 1 fully saturated rings. The van der Waals surface area contributed by atoms with E-state index in [0.717, 1.165) is 4.90 Å². The smallest absolute Gasteiger partial charge is 0.326 e. The molecule has 1 aliphatic rings. The molecule has 2 atom stereocenters. The van der Waals surface area contributed by atoms with Gasteiger partial charge in [0.1, 0.15) is 11.9 Å². The van der Waals surface area contributed by atoms with Gasteiger partial charge >= 0.3 is 5.97 Å². The van der Waals surface area contributed by atoms with E-state index in [9.17, 15) is 27.5 Å². The molecule has 0 aromatic heterocycles. The van der Waals surface area contributed by atoms with E-state index in [-0.39, 0.29) is 25.1 Å². The summed E-state index contributed by atoms with van der Waals surface area (Å²) in [4.78, 5) is 24.7. The molecule has 1 aromatic rings. The molecule has 1 heterocycles. The molecular weight excluding hydrogens is 327 g/mol. The lowest BCUT2D eigenvalue weighted by atomic mass is 10.0. The number of carboxylic acids is 1. The van der Waals surface area contributed by atoms with Gasteiger partial charge in [0.25, 0.3) is 0 Å². The van der Waals surface area contributed by atoms with E-state index in [1.54, 1.807) is 0 Å². The van der Waals surface area contributed by atoms with E-state index in [1.807, 2.05) is 0 Å². The number of sulfonamides is 1. The first-order chi connectivity index (χ1) is 10.7. The number of hydrogen-bond donors (Lipinski definition) is 2. The average Bonchev–Trinajstić information content (AvgIpc) is 2.76. The van der Waals surface area contributed by atoms with E-state index in [4.69, 9.17) is 5.14 Å². The van der Waals surface area contributed by atoms with Crippen LogP contribution in [0.5, 0.6) is 0 Å². The van der Waals surface area contributed by atoms with E-state index in [1.165, 1.54) is 24.3 Å². The number of carbonyl (C=O) groups excluding carboxylic acids is 1. The van der Waals surface area contributed by atoms with Gasteiger partial charge in [-0.2, -0.15) is 0 Å². The lowest BCUT2D eigenvalue weighted by Crippen LogP contribution is -2.44. The van der Waals surface area contributed by atoms with Crippen molar-refractivity contribution in [3.8, 4) is 0 Å². The van der Waals surface area contributed by atoms with E-state index in [0.29, 0.717) is 5.56 Å². The summed E-state index contributed by atoms with van der Waals surface area (Å²) >= 11 is 0. The fourth-order valence-electron chi connectivity index (χ4n) is 2.72.